The van der Waals surface area contributed by atoms with Crippen LogP contribution >= 0.6 is 0 Å². The van der Waals surface area contributed by atoms with E-state index in [9.17, 15) is 0 Å². The molecule has 0 saturated carbocycles. The number of hydrogen-bond donors (Lipinski definition) is 0. The van der Waals surface area contributed by atoms with Gasteiger partial charge in [-0.2, -0.15) is 0 Å². The zero-order valence-corrected chi connectivity index (χ0v) is 13.4. The van der Waals surface area contributed by atoms with E-state index in [1.54, 1.807) is 0 Å². The highest BCUT2D eigenvalue weighted by molar-refractivity contribution is 5.40. The Kier molecular flexibility index (Phi) is 4.68. The molecule has 0 bridgehead atoms. The lowest BCUT2D eigenvalue weighted by Gasteiger charge is -2.24. The lowest BCUT2D eigenvalue weighted by atomic mass is 10.1. The van der Waals surface area contributed by atoms with Crippen LogP contribution in [0, 0.1) is 0 Å². The molecule has 2 aromatic rings. The summed E-state index contributed by atoms with van der Waals surface area (Å²) in [6.07, 6.45) is 6.43. The molecule has 0 aromatic carbocycles. The molecule has 0 radical (unpaired) electrons. The quantitative estimate of drug-likeness (QED) is 0.847. The van der Waals surface area contributed by atoms with Gasteiger partial charge in [-0.1, -0.05) is 12.1 Å². The second-order valence-electron chi connectivity index (χ2n) is 6.06. The second kappa shape index (κ2) is 6.88. The van der Waals surface area contributed by atoms with E-state index < -0.39 is 0 Å². The summed E-state index contributed by atoms with van der Waals surface area (Å²) in [4.78, 5) is 13.7. The van der Waals surface area contributed by atoms with Crippen LogP contribution in [0.1, 0.15) is 37.1 Å². The van der Waals surface area contributed by atoms with Gasteiger partial charge in [0.25, 0.3) is 0 Å². The Balaban J connectivity index is 1.62. The number of nitrogens with zero attached hydrogens (tertiary/aromatic N) is 4. The fourth-order valence-electron chi connectivity index (χ4n) is 2.92. The molecule has 116 valence electrons. The first-order valence-corrected chi connectivity index (χ1v) is 8.05. The first kappa shape index (κ1) is 15.0. The van der Waals surface area contributed by atoms with E-state index in [1.807, 2.05) is 24.5 Å². The van der Waals surface area contributed by atoms with E-state index in [1.165, 1.54) is 18.4 Å². The van der Waals surface area contributed by atoms with Gasteiger partial charge in [-0.25, -0.2) is 4.98 Å². The van der Waals surface area contributed by atoms with Crippen molar-refractivity contribution in [1.82, 2.24) is 14.9 Å². The van der Waals surface area contributed by atoms with Gasteiger partial charge in [0.1, 0.15) is 5.82 Å². The van der Waals surface area contributed by atoms with Crippen molar-refractivity contribution in [2.45, 2.75) is 32.4 Å². The van der Waals surface area contributed by atoms with Gasteiger partial charge in [-0.3, -0.25) is 9.88 Å². The summed E-state index contributed by atoms with van der Waals surface area (Å²) >= 11 is 0. The van der Waals surface area contributed by atoms with E-state index in [2.05, 4.69) is 51.9 Å². The molecule has 0 spiro atoms. The molecule has 0 unspecified atom stereocenters. The molecular weight excluding hydrogens is 272 g/mol. The summed E-state index contributed by atoms with van der Waals surface area (Å²) < 4.78 is 0. The van der Waals surface area contributed by atoms with Gasteiger partial charge in [-0.15, -0.1) is 0 Å². The van der Waals surface area contributed by atoms with Gasteiger partial charge in [0.2, 0.25) is 0 Å². The van der Waals surface area contributed by atoms with Crippen molar-refractivity contribution in [2.75, 3.05) is 25.0 Å². The van der Waals surface area contributed by atoms with Crippen LogP contribution in [0.3, 0.4) is 0 Å². The van der Waals surface area contributed by atoms with Gasteiger partial charge in [0.05, 0.1) is 5.69 Å². The summed E-state index contributed by atoms with van der Waals surface area (Å²) in [7, 11) is 2.13. The Morgan fingerprint density at radius 1 is 1.14 bits per heavy atom. The summed E-state index contributed by atoms with van der Waals surface area (Å²) in [5.41, 5.74) is 2.35. The maximum Gasteiger partial charge on any atom is 0.128 e. The molecule has 0 aliphatic carbocycles. The first-order chi connectivity index (χ1) is 10.7. The summed E-state index contributed by atoms with van der Waals surface area (Å²) in [6, 6.07) is 10.7. The van der Waals surface area contributed by atoms with Crippen LogP contribution in [0.15, 0.2) is 42.7 Å². The van der Waals surface area contributed by atoms with Crippen LogP contribution in [0.2, 0.25) is 0 Å². The largest absolute Gasteiger partial charge is 0.357 e. The molecule has 1 aliphatic heterocycles. The third-order valence-corrected chi connectivity index (χ3v) is 4.45. The number of anilines is 1. The third-order valence-electron chi connectivity index (χ3n) is 4.45. The molecule has 4 heteroatoms. The maximum absolute atomic E-state index is 4.63. The van der Waals surface area contributed by atoms with Crippen LogP contribution in [0.25, 0.3) is 0 Å². The van der Waals surface area contributed by atoms with Crippen molar-refractivity contribution in [1.29, 1.82) is 0 Å². The summed E-state index contributed by atoms with van der Waals surface area (Å²) in [5, 5.41) is 0. The predicted molar refractivity (Wildman–Crippen MR) is 89.8 cm³/mol. The average Bonchev–Trinajstić information content (AvgIpc) is 3.10. The predicted octanol–water partition coefficient (Wildman–Crippen LogP) is 3.27. The minimum atomic E-state index is 0.291. The molecule has 3 heterocycles. The number of rotatable bonds is 5. The van der Waals surface area contributed by atoms with Crippen molar-refractivity contribution < 1.29 is 0 Å². The minimum Gasteiger partial charge on any atom is -0.357 e. The molecule has 0 N–H and O–H groups in total. The van der Waals surface area contributed by atoms with Crippen molar-refractivity contribution in [3.8, 4) is 0 Å². The van der Waals surface area contributed by atoms with Gasteiger partial charge < -0.3 is 4.90 Å². The van der Waals surface area contributed by atoms with Gasteiger partial charge in [0.15, 0.2) is 0 Å². The molecule has 4 nitrogen and oxygen atoms in total. The van der Waals surface area contributed by atoms with E-state index in [4.69, 9.17) is 0 Å². The Hall–Kier alpha value is -1.94. The Bertz CT molecular complexity index is 576. The van der Waals surface area contributed by atoms with E-state index in [-0.39, 0.29) is 0 Å². The van der Waals surface area contributed by atoms with E-state index in [0.29, 0.717) is 6.04 Å². The van der Waals surface area contributed by atoms with Crippen LogP contribution in [0.5, 0.6) is 0 Å². The molecule has 2 aromatic heterocycles. The van der Waals surface area contributed by atoms with Crippen molar-refractivity contribution >= 4 is 5.82 Å². The minimum absolute atomic E-state index is 0.291. The number of aromatic nitrogens is 2. The summed E-state index contributed by atoms with van der Waals surface area (Å²) in [6.45, 7) is 5.35. The topological polar surface area (TPSA) is 32.3 Å². The second-order valence-corrected chi connectivity index (χ2v) is 6.06. The molecule has 1 aliphatic rings. The average molecular weight is 296 g/mol. The van der Waals surface area contributed by atoms with Crippen LogP contribution < -0.4 is 4.90 Å². The fraction of sp³-hybridized carbons (Fsp3) is 0.444. The van der Waals surface area contributed by atoms with Crippen molar-refractivity contribution in [2.24, 2.45) is 0 Å². The monoisotopic (exact) mass is 296 g/mol. The fourth-order valence-corrected chi connectivity index (χ4v) is 2.92. The Morgan fingerprint density at radius 3 is 2.59 bits per heavy atom. The summed E-state index contributed by atoms with van der Waals surface area (Å²) in [5.74, 6) is 1.11. The zero-order chi connectivity index (χ0) is 15.4. The Morgan fingerprint density at radius 2 is 1.95 bits per heavy atom. The van der Waals surface area contributed by atoms with Crippen molar-refractivity contribution in [3.63, 3.8) is 0 Å². The highest BCUT2D eigenvalue weighted by Crippen LogP contribution is 2.20. The maximum atomic E-state index is 4.63. The van der Waals surface area contributed by atoms with Crippen LogP contribution in [-0.2, 0) is 6.54 Å². The van der Waals surface area contributed by atoms with Gasteiger partial charge in [-0.05, 0) is 50.6 Å². The first-order valence-electron chi connectivity index (χ1n) is 8.05. The standard InChI is InChI=1S/C18H24N4/c1-15(17-7-3-4-10-19-17)21(2)14-16-8-9-18(20-13-16)22-11-5-6-12-22/h3-4,7-10,13,15H,5-6,11-12,14H2,1-2H3/t15-/m0/s1. The molecule has 1 saturated heterocycles. The lowest BCUT2D eigenvalue weighted by Crippen LogP contribution is -2.23. The molecule has 1 atom stereocenters. The molecule has 22 heavy (non-hydrogen) atoms. The Labute approximate surface area is 132 Å². The third kappa shape index (κ3) is 3.45. The SMILES string of the molecule is C[C@@H](c1ccccn1)N(C)Cc1ccc(N2CCCC2)nc1. The highest BCUT2D eigenvalue weighted by atomic mass is 15.2. The molecular formula is C18H24N4. The smallest absolute Gasteiger partial charge is 0.128 e. The van der Waals surface area contributed by atoms with Crippen LogP contribution in [0.4, 0.5) is 5.82 Å². The van der Waals surface area contributed by atoms with Gasteiger partial charge >= 0.3 is 0 Å². The normalized spacial score (nSPS) is 16.2. The van der Waals surface area contributed by atoms with E-state index in [0.717, 1.165) is 31.1 Å². The molecule has 3 rings (SSSR count). The molecule has 1 fully saturated rings. The number of hydrogen-bond acceptors (Lipinski definition) is 4. The van der Waals surface area contributed by atoms with Crippen LogP contribution in [-0.4, -0.2) is 35.0 Å². The van der Waals surface area contributed by atoms with E-state index >= 15 is 0 Å². The van der Waals surface area contributed by atoms with Crippen molar-refractivity contribution in [3.05, 3.63) is 54.0 Å². The highest BCUT2D eigenvalue weighted by Gasteiger charge is 2.15. The van der Waals surface area contributed by atoms with Gasteiger partial charge in [0, 0.05) is 38.1 Å². The molecule has 0 amide bonds. The lowest BCUT2D eigenvalue weighted by molar-refractivity contribution is 0.248. The number of pyridine rings is 2. The zero-order valence-electron chi connectivity index (χ0n) is 13.4.